The van der Waals surface area contributed by atoms with E-state index in [2.05, 4.69) is 5.32 Å². The molecule has 10 heteroatoms. The molecule has 0 saturated heterocycles. The first-order chi connectivity index (χ1) is 25.0. The number of aliphatic hydroxyl groups excluding tert-OH is 4. The Hall–Kier alpha value is -4.35. The van der Waals surface area contributed by atoms with Gasteiger partial charge in [0.25, 0.3) is 0 Å². The zero-order valence-electron chi connectivity index (χ0n) is 29.8. The molecule has 10 nitrogen and oxygen atoms in total. The molecular formula is C42H45NO9. The number of hydrogen-bond acceptors (Lipinski definition) is 10. The second-order valence-electron chi connectivity index (χ2n) is 15.4. The molecule has 0 amide bonds. The summed E-state index contributed by atoms with van der Waals surface area (Å²) in [5.41, 5.74) is 2.61. The van der Waals surface area contributed by atoms with Gasteiger partial charge in [-0.25, -0.2) is 0 Å². The van der Waals surface area contributed by atoms with E-state index < -0.39 is 30.0 Å². The number of nitrogens with one attached hydrogen (secondary N) is 1. The standard InChI is InChI=1S/C42H45NO9/c1-18-12-26-27(13-20-4-8-24(47)9-5-20)40(50)35-29(49)15-22(17-45)32-31-21(16-44)14-28(43-23-6-10-25(48)11-7-23)34-37(31)38(33(26)36(32)35)39(30(18)19(2)46)42(52-3)41(34)51/h12,14-15,20,23-25,30,43-45,47-48,50H,4-11,13,16-17H2,1-3H3. The second kappa shape index (κ2) is 12.9. The molecule has 1 atom stereocenters. The number of benzene rings is 5. The van der Waals surface area contributed by atoms with E-state index in [1.54, 1.807) is 6.07 Å². The minimum atomic E-state index is -0.888. The quantitative estimate of drug-likeness (QED) is 0.0894. The first kappa shape index (κ1) is 34.7. The van der Waals surface area contributed by atoms with Crippen LogP contribution in [0.1, 0.15) is 98.9 Å². The summed E-state index contributed by atoms with van der Waals surface area (Å²) in [5, 5.41) is 61.5. The number of ether oxygens (including phenoxy) is 1. The highest BCUT2D eigenvalue weighted by molar-refractivity contribution is 6.39. The van der Waals surface area contributed by atoms with Gasteiger partial charge in [-0.05, 0) is 128 Å². The molecule has 2 saturated carbocycles. The van der Waals surface area contributed by atoms with Gasteiger partial charge in [-0.1, -0.05) is 11.6 Å². The zero-order chi connectivity index (χ0) is 36.7. The summed E-state index contributed by atoms with van der Waals surface area (Å²) in [7, 11) is 1.41. The third-order valence-electron chi connectivity index (χ3n) is 12.3. The van der Waals surface area contributed by atoms with Gasteiger partial charge in [-0.3, -0.25) is 14.4 Å². The molecular weight excluding hydrogens is 662 g/mol. The molecule has 52 heavy (non-hydrogen) atoms. The first-order valence-corrected chi connectivity index (χ1v) is 18.5. The van der Waals surface area contributed by atoms with E-state index in [4.69, 9.17) is 4.74 Å². The molecule has 0 radical (unpaired) electrons. The van der Waals surface area contributed by atoms with Crippen LogP contribution in [0.25, 0.3) is 49.2 Å². The second-order valence-corrected chi connectivity index (χ2v) is 15.4. The highest BCUT2D eigenvalue weighted by Gasteiger charge is 2.37. The van der Waals surface area contributed by atoms with Crippen LogP contribution in [0.4, 0.5) is 5.69 Å². The van der Waals surface area contributed by atoms with Crippen LogP contribution in [-0.4, -0.2) is 56.7 Å². The van der Waals surface area contributed by atoms with Crippen LogP contribution in [0.5, 0.6) is 11.5 Å². The molecule has 5 aromatic carbocycles. The average Bonchev–Trinajstić information content (AvgIpc) is 3.25. The predicted octanol–water partition coefficient (Wildman–Crippen LogP) is 5.49. The summed E-state index contributed by atoms with van der Waals surface area (Å²) in [4.78, 5) is 42.8. The van der Waals surface area contributed by atoms with E-state index in [0.717, 1.165) is 12.8 Å². The number of phenolic OH excluding ortho intramolecular Hbond substituents is 1. The molecule has 8 rings (SSSR count). The van der Waals surface area contributed by atoms with Crippen LogP contribution >= 0.6 is 0 Å². The maximum Gasteiger partial charge on any atom is 0.230 e. The molecule has 3 aliphatic rings. The number of aliphatic hydroxyl groups is 4. The smallest absolute Gasteiger partial charge is 0.230 e. The van der Waals surface area contributed by atoms with Crippen molar-refractivity contribution in [3.8, 4) is 11.5 Å². The molecule has 5 aromatic rings. The Balaban J connectivity index is 1.63. The fourth-order valence-electron chi connectivity index (χ4n) is 9.91. The summed E-state index contributed by atoms with van der Waals surface area (Å²) in [5.74, 6) is -1.11. The van der Waals surface area contributed by atoms with Crippen LogP contribution in [-0.2, 0) is 24.4 Å². The van der Waals surface area contributed by atoms with Gasteiger partial charge in [0, 0.05) is 33.6 Å². The van der Waals surface area contributed by atoms with E-state index in [0.29, 0.717) is 122 Å². The van der Waals surface area contributed by atoms with Gasteiger partial charge in [-0.2, -0.15) is 0 Å². The topological polar surface area (TPSA) is 174 Å². The van der Waals surface area contributed by atoms with Gasteiger partial charge >= 0.3 is 0 Å². The summed E-state index contributed by atoms with van der Waals surface area (Å²) >= 11 is 0. The fraction of sp³-hybridized carbons (Fsp3) is 0.452. The van der Waals surface area contributed by atoms with Crippen molar-refractivity contribution < 1.29 is 35.1 Å². The Morgan fingerprint density at radius 3 is 2.00 bits per heavy atom. The minimum Gasteiger partial charge on any atom is -0.507 e. The van der Waals surface area contributed by atoms with Crippen LogP contribution in [0.15, 0.2) is 27.3 Å². The number of fused-ring (bicyclic) bond motifs is 1. The zero-order valence-corrected chi connectivity index (χ0v) is 29.8. The van der Waals surface area contributed by atoms with Crippen molar-refractivity contribution in [1.29, 1.82) is 0 Å². The average molecular weight is 708 g/mol. The third kappa shape index (κ3) is 5.10. The number of carbonyl (C=O) groups is 1. The number of anilines is 1. The highest BCUT2D eigenvalue weighted by Crippen LogP contribution is 2.54. The molecule has 6 N–H and O–H groups in total. The molecule has 0 bridgehead atoms. The number of allylic oxidation sites excluding steroid dienone is 1. The van der Waals surface area contributed by atoms with Crippen molar-refractivity contribution in [1.82, 2.24) is 0 Å². The molecule has 0 aliphatic heterocycles. The van der Waals surface area contributed by atoms with E-state index in [1.807, 2.05) is 13.0 Å². The Kier molecular flexibility index (Phi) is 8.65. The number of methoxy groups -OCH3 is 1. The molecule has 2 fully saturated rings. The molecule has 272 valence electrons. The monoisotopic (exact) mass is 707 g/mol. The molecule has 1 unspecified atom stereocenters. The lowest BCUT2D eigenvalue weighted by Gasteiger charge is -2.30. The largest absolute Gasteiger partial charge is 0.507 e. The maximum atomic E-state index is 14.9. The lowest BCUT2D eigenvalue weighted by molar-refractivity contribution is -0.117. The molecule has 0 aromatic heterocycles. The lowest BCUT2D eigenvalue weighted by atomic mass is 9.77. The number of carbonyl (C=O) groups excluding carboxylic acids is 1. The number of Topliss-reactive ketones (excluding diaryl/α,β-unsaturated/α-hetero) is 1. The van der Waals surface area contributed by atoms with Crippen molar-refractivity contribution in [3.63, 3.8) is 0 Å². The summed E-state index contributed by atoms with van der Waals surface area (Å²) in [6, 6.07) is 3.03. The van der Waals surface area contributed by atoms with Crippen LogP contribution in [0.3, 0.4) is 0 Å². The Morgan fingerprint density at radius 2 is 1.40 bits per heavy atom. The van der Waals surface area contributed by atoms with Gasteiger partial charge in [0.2, 0.25) is 5.43 Å². The molecule has 0 heterocycles. The van der Waals surface area contributed by atoms with Crippen LogP contribution in [0.2, 0.25) is 0 Å². The Labute approximate surface area is 300 Å². The van der Waals surface area contributed by atoms with E-state index in [1.165, 1.54) is 20.1 Å². The van der Waals surface area contributed by atoms with Crippen LogP contribution < -0.4 is 20.9 Å². The number of rotatable bonds is 8. The minimum absolute atomic E-state index is 0.0151. The summed E-state index contributed by atoms with van der Waals surface area (Å²) in [6.07, 6.45) is 6.91. The Morgan fingerprint density at radius 1 is 0.808 bits per heavy atom. The van der Waals surface area contributed by atoms with Gasteiger partial charge in [0.05, 0.1) is 49.2 Å². The highest BCUT2D eigenvalue weighted by atomic mass is 16.5. The Bertz CT molecular complexity index is 2420. The molecule has 0 spiro atoms. The van der Waals surface area contributed by atoms with E-state index in [9.17, 15) is 39.9 Å². The van der Waals surface area contributed by atoms with E-state index >= 15 is 0 Å². The third-order valence-corrected chi connectivity index (χ3v) is 12.3. The van der Waals surface area contributed by atoms with Gasteiger partial charge in [0.1, 0.15) is 11.5 Å². The van der Waals surface area contributed by atoms with Crippen molar-refractivity contribution in [2.45, 2.75) is 109 Å². The summed E-state index contributed by atoms with van der Waals surface area (Å²) in [6.45, 7) is 2.37. The maximum absolute atomic E-state index is 14.9. The van der Waals surface area contributed by atoms with E-state index in [-0.39, 0.29) is 46.8 Å². The number of aromatic hydroxyl groups is 1. The normalized spacial score (nSPS) is 23.5. The van der Waals surface area contributed by atoms with Crippen LogP contribution in [0, 0.1) is 5.92 Å². The lowest BCUT2D eigenvalue weighted by Crippen LogP contribution is -2.29. The number of phenols is 1. The van der Waals surface area contributed by atoms with Gasteiger partial charge in [0.15, 0.2) is 11.2 Å². The van der Waals surface area contributed by atoms with Crippen molar-refractivity contribution in [3.05, 3.63) is 66.0 Å². The van der Waals surface area contributed by atoms with Gasteiger partial charge < -0.3 is 35.6 Å². The van der Waals surface area contributed by atoms with Crippen molar-refractivity contribution >= 4 is 60.6 Å². The first-order valence-electron chi connectivity index (χ1n) is 18.5. The summed E-state index contributed by atoms with van der Waals surface area (Å²) < 4.78 is 5.97. The molecule has 3 aliphatic carbocycles. The van der Waals surface area contributed by atoms with Crippen molar-refractivity contribution in [2.24, 2.45) is 5.92 Å². The number of hydrogen-bond donors (Lipinski definition) is 6. The SMILES string of the molecule is COc1c2c3c4c(c(CC5CCC(O)CC5)c(O)c5c(=O)cc(CO)c(c6c(CO)cc(NC7CCC(O)CC7)c(c1=O)c63)c54)C=C(C)C2C(C)=O. The number of ketones is 1. The fourth-order valence-corrected chi connectivity index (χ4v) is 9.91. The van der Waals surface area contributed by atoms with Crippen molar-refractivity contribution in [2.75, 3.05) is 12.4 Å². The predicted molar refractivity (Wildman–Crippen MR) is 202 cm³/mol. The van der Waals surface area contributed by atoms with Gasteiger partial charge in [-0.15, -0.1) is 0 Å².